The van der Waals surface area contributed by atoms with Crippen LogP contribution >= 0.6 is 0 Å². The molecule has 1 aliphatic rings. The molecular weight excluding hydrogens is 301 g/mol. The van der Waals surface area contributed by atoms with E-state index in [1.807, 2.05) is 14.1 Å². The van der Waals surface area contributed by atoms with E-state index in [1.54, 1.807) is 12.1 Å². The average Bonchev–Trinajstić information content (AvgIpc) is 2.85. The Morgan fingerprint density at radius 2 is 2.00 bits per heavy atom. The third-order valence-electron chi connectivity index (χ3n) is 4.78. The summed E-state index contributed by atoms with van der Waals surface area (Å²) >= 11 is 0. The van der Waals surface area contributed by atoms with Crippen molar-refractivity contribution < 1.29 is 4.39 Å². The molecule has 2 aromatic carbocycles. The summed E-state index contributed by atoms with van der Waals surface area (Å²) in [6.45, 7) is 5.59. The van der Waals surface area contributed by atoms with Crippen LogP contribution in [0.25, 0.3) is 27.9 Å². The molecule has 0 bridgehead atoms. The van der Waals surface area contributed by atoms with Crippen LogP contribution in [-0.4, -0.2) is 11.6 Å². The van der Waals surface area contributed by atoms with Crippen LogP contribution in [0.3, 0.4) is 0 Å². The lowest BCUT2D eigenvalue weighted by atomic mass is 9.96. The summed E-state index contributed by atoms with van der Waals surface area (Å²) in [6.07, 6.45) is 0. The minimum atomic E-state index is -0.231. The van der Waals surface area contributed by atoms with Crippen LogP contribution in [0.15, 0.2) is 43.0 Å². The highest BCUT2D eigenvalue weighted by atomic mass is 19.1. The molecule has 0 radical (unpaired) electrons. The highest BCUT2D eigenvalue weighted by Gasteiger charge is 2.24. The fourth-order valence-electron chi connectivity index (χ4n) is 3.67. The van der Waals surface area contributed by atoms with Gasteiger partial charge >= 0.3 is 0 Å². The molecule has 0 aliphatic carbocycles. The van der Waals surface area contributed by atoms with Crippen LogP contribution in [0.5, 0.6) is 0 Å². The zero-order valence-electron chi connectivity index (χ0n) is 13.9. The average molecular weight is 321 g/mol. The van der Waals surface area contributed by atoms with Crippen LogP contribution in [-0.2, 0) is 20.1 Å². The molecule has 0 amide bonds. The van der Waals surface area contributed by atoms with Crippen LogP contribution in [0.4, 0.5) is 4.39 Å². The van der Waals surface area contributed by atoms with Crippen LogP contribution in [0.2, 0.25) is 0 Å². The largest absolute Gasteiger partial charge is 0.381 e. The van der Waals surface area contributed by atoms with Gasteiger partial charge in [0.1, 0.15) is 5.82 Å². The Balaban J connectivity index is 1.97. The van der Waals surface area contributed by atoms with Gasteiger partial charge < -0.3 is 15.2 Å². The molecular formula is C20H20FN3. The normalized spacial score (nSPS) is 13.4. The molecule has 3 nitrogen and oxygen atoms in total. The molecule has 0 saturated heterocycles. The predicted octanol–water partition coefficient (Wildman–Crippen LogP) is 3.78. The maximum Gasteiger partial charge on any atom is 0.126 e. The summed E-state index contributed by atoms with van der Waals surface area (Å²) < 4.78 is 16.1. The van der Waals surface area contributed by atoms with E-state index >= 15 is 0 Å². The van der Waals surface area contributed by atoms with Gasteiger partial charge in [-0.2, -0.15) is 0 Å². The van der Waals surface area contributed by atoms with Crippen molar-refractivity contribution in [2.24, 2.45) is 7.05 Å². The lowest BCUT2D eigenvalue weighted by Crippen LogP contribution is -2.16. The molecule has 0 saturated carbocycles. The second-order valence-corrected chi connectivity index (χ2v) is 6.29. The van der Waals surface area contributed by atoms with E-state index in [4.69, 9.17) is 0 Å². The van der Waals surface area contributed by atoms with Crippen molar-refractivity contribution >= 4 is 16.6 Å². The summed E-state index contributed by atoms with van der Waals surface area (Å²) in [5.41, 5.74) is 7.28. The fraction of sp³-hybridized carbons (Fsp3) is 0.200. The molecule has 2 N–H and O–H groups in total. The molecule has 122 valence electrons. The molecule has 4 rings (SSSR count). The zero-order valence-corrected chi connectivity index (χ0v) is 13.9. The topological polar surface area (TPSA) is 29.0 Å². The van der Waals surface area contributed by atoms with Crippen LogP contribution in [0, 0.1) is 5.82 Å². The molecule has 0 fully saturated rings. The summed E-state index contributed by atoms with van der Waals surface area (Å²) in [5, 5.41) is 7.56. The number of halogens is 1. The predicted molar refractivity (Wildman–Crippen MR) is 97.0 cm³/mol. The van der Waals surface area contributed by atoms with Crippen LogP contribution < -0.4 is 10.6 Å². The highest BCUT2D eigenvalue weighted by molar-refractivity contribution is 6.00. The smallest absolute Gasteiger partial charge is 0.126 e. The molecule has 1 aromatic heterocycles. The standard InChI is InChI=1S/C20H20FN3/c1-12-16-8-15(21)9-18-19(16)17(11-23-12)20(24(18)3)14-6-4-13(5-7-14)10-22-2/h4-9,22-23H,1,10-11H2,2-3H3. The third-order valence-corrected chi connectivity index (χ3v) is 4.78. The van der Waals surface area contributed by atoms with Gasteiger partial charge in [-0.15, -0.1) is 0 Å². The Morgan fingerprint density at radius 3 is 2.71 bits per heavy atom. The number of aromatic nitrogens is 1. The number of nitrogens with zero attached hydrogens (tertiary/aromatic N) is 1. The van der Waals surface area contributed by atoms with E-state index in [0.29, 0.717) is 6.54 Å². The Kier molecular flexibility index (Phi) is 3.43. The summed E-state index contributed by atoms with van der Waals surface area (Å²) in [4.78, 5) is 0. The van der Waals surface area contributed by atoms with Gasteiger partial charge in [0.15, 0.2) is 0 Å². The molecule has 24 heavy (non-hydrogen) atoms. The van der Waals surface area contributed by atoms with E-state index in [0.717, 1.165) is 40.0 Å². The number of rotatable bonds is 3. The first kappa shape index (κ1) is 15.0. The number of hydrogen-bond acceptors (Lipinski definition) is 2. The van der Waals surface area contributed by atoms with Gasteiger partial charge in [0.25, 0.3) is 0 Å². The van der Waals surface area contributed by atoms with Gasteiger partial charge in [-0.3, -0.25) is 0 Å². The van der Waals surface area contributed by atoms with Gasteiger partial charge in [0.05, 0.1) is 11.2 Å². The van der Waals surface area contributed by atoms with Gasteiger partial charge in [0, 0.05) is 42.3 Å². The first-order valence-corrected chi connectivity index (χ1v) is 8.08. The maximum atomic E-state index is 14.1. The van der Waals surface area contributed by atoms with Crippen molar-refractivity contribution in [3.63, 3.8) is 0 Å². The lowest BCUT2D eigenvalue weighted by Gasteiger charge is -2.18. The Morgan fingerprint density at radius 1 is 1.25 bits per heavy atom. The first-order chi connectivity index (χ1) is 11.6. The lowest BCUT2D eigenvalue weighted by molar-refractivity contribution is 0.628. The summed E-state index contributed by atoms with van der Waals surface area (Å²) in [5.74, 6) is -0.231. The molecule has 3 aromatic rings. The zero-order chi connectivity index (χ0) is 16.8. The van der Waals surface area contributed by atoms with Crippen LogP contribution in [0.1, 0.15) is 16.7 Å². The van der Waals surface area contributed by atoms with Crippen molar-refractivity contribution in [3.05, 3.63) is 65.5 Å². The third kappa shape index (κ3) is 2.14. The maximum absolute atomic E-state index is 14.1. The monoisotopic (exact) mass is 321 g/mol. The Bertz CT molecular complexity index is 951. The van der Waals surface area contributed by atoms with E-state index in [9.17, 15) is 4.39 Å². The molecule has 0 spiro atoms. The van der Waals surface area contributed by atoms with Crippen molar-refractivity contribution in [1.29, 1.82) is 0 Å². The minimum Gasteiger partial charge on any atom is -0.381 e. The molecule has 1 aliphatic heterocycles. The number of hydrogen-bond donors (Lipinski definition) is 2. The minimum absolute atomic E-state index is 0.231. The number of benzene rings is 2. The number of nitrogens with one attached hydrogen (secondary N) is 2. The van der Waals surface area contributed by atoms with E-state index < -0.39 is 0 Å². The van der Waals surface area contributed by atoms with Crippen molar-refractivity contribution in [2.75, 3.05) is 7.05 Å². The molecule has 0 atom stereocenters. The van der Waals surface area contributed by atoms with E-state index in [2.05, 4.69) is 46.0 Å². The van der Waals surface area contributed by atoms with Gasteiger partial charge in [-0.05, 0) is 30.3 Å². The first-order valence-electron chi connectivity index (χ1n) is 8.08. The quantitative estimate of drug-likeness (QED) is 0.769. The van der Waals surface area contributed by atoms with Crippen molar-refractivity contribution in [3.8, 4) is 11.3 Å². The molecule has 0 unspecified atom stereocenters. The fourth-order valence-corrected chi connectivity index (χ4v) is 3.67. The van der Waals surface area contributed by atoms with Gasteiger partial charge in [0.2, 0.25) is 0 Å². The van der Waals surface area contributed by atoms with Crippen molar-refractivity contribution in [2.45, 2.75) is 13.1 Å². The molecule has 2 heterocycles. The second kappa shape index (κ2) is 5.49. The second-order valence-electron chi connectivity index (χ2n) is 6.29. The highest BCUT2D eigenvalue weighted by Crippen LogP contribution is 2.39. The Labute approximate surface area is 140 Å². The van der Waals surface area contributed by atoms with E-state index in [1.165, 1.54) is 11.1 Å². The van der Waals surface area contributed by atoms with Crippen molar-refractivity contribution in [1.82, 2.24) is 15.2 Å². The number of aryl methyl sites for hydroxylation is 1. The summed E-state index contributed by atoms with van der Waals surface area (Å²) in [6, 6.07) is 11.7. The Hall–Kier alpha value is -2.59. The summed E-state index contributed by atoms with van der Waals surface area (Å²) in [7, 11) is 3.94. The van der Waals surface area contributed by atoms with Gasteiger partial charge in [-0.1, -0.05) is 30.8 Å². The van der Waals surface area contributed by atoms with Gasteiger partial charge in [-0.25, -0.2) is 4.39 Å². The van der Waals surface area contributed by atoms with E-state index in [-0.39, 0.29) is 5.82 Å². The SMILES string of the molecule is C=C1NCc2c(-c3ccc(CNC)cc3)n(C)c3cc(F)cc1c23. The molecule has 4 heteroatoms.